The van der Waals surface area contributed by atoms with Gasteiger partial charge in [0.25, 0.3) is 0 Å². The van der Waals surface area contributed by atoms with Crippen LogP contribution in [0.1, 0.15) is 17.3 Å². The molecule has 0 aliphatic carbocycles. The second-order valence-corrected chi connectivity index (χ2v) is 2.62. The van der Waals surface area contributed by atoms with Gasteiger partial charge in [-0.25, -0.2) is 4.39 Å². The zero-order chi connectivity index (χ0) is 8.27. The lowest BCUT2D eigenvalue weighted by Gasteiger charge is -2.05. The van der Waals surface area contributed by atoms with Gasteiger partial charge in [0.2, 0.25) is 0 Å². The van der Waals surface area contributed by atoms with Crippen LogP contribution in [-0.2, 0) is 0 Å². The van der Waals surface area contributed by atoms with Gasteiger partial charge in [0.05, 0.1) is 0 Å². The summed E-state index contributed by atoms with van der Waals surface area (Å²) < 4.78 is 12.9. The molecular weight excluding hydrogens is 141 g/mol. The maximum absolute atomic E-state index is 12.9. The highest BCUT2D eigenvalue weighted by atomic mass is 19.1. The summed E-state index contributed by atoms with van der Waals surface area (Å²) in [7, 11) is 0. The molecule has 0 saturated carbocycles. The van der Waals surface area contributed by atoms with E-state index in [-0.39, 0.29) is 6.54 Å². The number of nitrogens with two attached hydrogens (primary N) is 1. The van der Waals surface area contributed by atoms with E-state index in [0.717, 1.165) is 5.56 Å². The highest BCUT2D eigenvalue weighted by Crippen LogP contribution is 2.16. The van der Waals surface area contributed by atoms with Gasteiger partial charge in [-0.2, -0.15) is 0 Å². The van der Waals surface area contributed by atoms with Gasteiger partial charge in [0.15, 0.2) is 0 Å². The van der Waals surface area contributed by atoms with Gasteiger partial charge in [0, 0.05) is 6.54 Å². The van der Waals surface area contributed by atoms with Crippen LogP contribution in [0, 0.1) is 6.92 Å². The molecule has 0 heterocycles. The number of hydrogen-bond donors (Lipinski definition) is 1. The van der Waals surface area contributed by atoms with Crippen LogP contribution in [0.3, 0.4) is 0 Å². The van der Waals surface area contributed by atoms with Crippen molar-refractivity contribution in [2.75, 3.05) is 6.54 Å². The zero-order valence-electron chi connectivity index (χ0n) is 6.55. The van der Waals surface area contributed by atoms with Crippen molar-refractivity contribution in [3.05, 3.63) is 35.4 Å². The largest absolute Gasteiger partial charge is 0.327 e. The fourth-order valence-electron chi connectivity index (χ4n) is 1.00. The van der Waals surface area contributed by atoms with Crippen LogP contribution in [0.5, 0.6) is 0 Å². The molecule has 0 aliphatic rings. The Balaban J connectivity index is 2.86. The smallest absolute Gasteiger partial charge is 0.137 e. The average molecular weight is 153 g/mol. The monoisotopic (exact) mass is 153 g/mol. The Kier molecular flexibility index (Phi) is 2.60. The molecule has 0 aromatic heterocycles. The molecule has 0 fully saturated rings. The summed E-state index contributed by atoms with van der Waals surface area (Å²) in [6.07, 6.45) is -1.02. The van der Waals surface area contributed by atoms with E-state index in [1.165, 1.54) is 0 Å². The van der Waals surface area contributed by atoms with E-state index in [1.54, 1.807) is 6.07 Å². The van der Waals surface area contributed by atoms with Gasteiger partial charge in [0.1, 0.15) is 6.17 Å². The molecule has 2 heteroatoms. The minimum absolute atomic E-state index is 0.0590. The van der Waals surface area contributed by atoms with E-state index in [1.807, 2.05) is 25.1 Å². The van der Waals surface area contributed by atoms with E-state index in [2.05, 4.69) is 0 Å². The van der Waals surface area contributed by atoms with Gasteiger partial charge in [-0.05, 0) is 12.5 Å². The highest BCUT2D eigenvalue weighted by Gasteiger charge is 2.05. The van der Waals surface area contributed by atoms with Gasteiger partial charge in [-0.15, -0.1) is 0 Å². The first-order valence-corrected chi connectivity index (χ1v) is 3.64. The van der Waals surface area contributed by atoms with E-state index >= 15 is 0 Å². The Hall–Kier alpha value is -0.890. The molecule has 11 heavy (non-hydrogen) atoms. The van der Waals surface area contributed by atoms with Crippen LogP contribution in [0.15, 0.2) is 24.3 Å². The minimum Gasteiger partial charge on any atom is -0.327 e. The third kappa shape index (κ3) is 2.02. The Bertz CT molecular complexity index is 235. The fraction of sp³-hybridized carbons (Fsp3) is 0.333. The summed E-state index contributed by atoms with van der Waals surface area (Å²) in [6, 6.07) is 7.35. The van der Waals surface area contributed by atoms with Crippen LogP contribution in [-0.4, -0.2) is 6.54 Å². The fourth-order valence-corrected chi connectivity index (χ4v) is 1.00. The number of hydrogen-bond acceptors (Lipinski definition) is 1. The molecule has 0 spiro atoms. The summed E-state index contributed by atoms with van der Waals surface area (Å²) in [5.41, 5.74) is 6.92. The SMILES string of the molecule is Cc1cccc(C(F)CN)c1. The lowest BCUT2D eigenvalue weighted by atomic mass is 10.1. The van der Waals surface area contributed by atoms with Crippen molar-refractivity contribution in [1.29, 1.82) is 0 Å². The quantitative estimate of drug-likeness (QED) is 0.690. The molecule has 1 atom stereocenters. The lowest BCUT2D eigenvalue weighted by molar-refractivity contribution is 0.353. The van der Waals surface area contributed by atoms with Crippen LogP contribution >= 0.6 is 0 Å². The Labute approximate surface area is 66.0 Å². The summed E-state index contributed by atoms with van der Waals surface area (Å²) in [4.78, 5) is 0. The molecule has 60 valence electrons. The summed E-state index contributed by atoms with van der Waals surface area (Å²) in [5.74, 6) is 0. The molecule has 0 amide bonds. The number of rotatable bonds is 2. The van der Waals surface area contributed by atoms with Crippen molar-refractivity contribution in [2.24, 2.45) is 5.73 Å². The van der Waals surface area contributed by atoms with Crippen molar-refractivity contribution >= 4 is 0 Å². The van der Waals surface area contributed by atoms with Crippen molar-refractivity contribution in [1.82, 2.24) is 0 Å². The molecule has 0 aliphatic heterocycles. The maximum atomic E-state index is 12.9. The molecular formula is C9H12FN. The molecule has 0 radical (unpaired) electrons. The average Bonchev–Trinajstić information content (AvgIpc) is 2.03. The topological polar surface area (TPSA) is 26.0 Å². The van der Waals surface area contributed by atoms with E-state index in [4.69, 9.17) is 5.73 Å². The highest BCUT2D eigenvalue weighted by molar-refractivity contribution is 5.24. The first-order valence-electron chi connectivity index (χ1n) is 3.64. The first kappa shape index (κ1) is 8.21. The molecule has 1 aromatic carbocycles. The molecule has 1 unspecified atom stereocenters. The van der Waals surface area contributed by atoms with Crippen LogP contribution in [0.4, 0.5) is 4.39 Å². The van der Waals surface area contributed by atoms with E-state index in [9.17, 15) is 4.39 Å². The van der Waals surface area contributed by atoms with Gasteiger partial charge < -0.3 is 5.73 Å². The van der Waals surface area contributed by atoms with Crippen LogP contribution < -0.4 is 5.73 Å². The molecule has 0 bridgehead atoms. The number of aryl methyl sites for hydroxylation is 1. The maximum Gasteiger partial charge on any atom is 0.137 e. The normalized spacial score (nSPS) is 13.0. The van der Waals surface area contributed by atoms with Gasteiger partial charge in [-0.1, -0.05) is 29.8 Å². The van der Waals surface area contributed by atoms with Crippen molar-refractivity contribution < 1.29 is 4.39 Å². The number of halogens is 1. The van der Waals surface area contributed by atoms with Crippen molar-refractivity contribution in [3.63, 3.8) is 0 Å². The summed E-state index contributed by atoms with van der Waals surface area (Å²) in [6.45, 7) is 2.00. The van der Waals surface area contributed by atoms with Gasteiger partial charge >= 0.3 is 0 Å². The van der Waals surface area contributed by atoms with Crippen molar-refractivity contribution in [2.45, 2.75) is 13.1 Å². The lowest BCUT2D eigenvalue weighted by Crippen LogP contribution is -2.07. The zero-order valence-corrected chi connectivity index (χ0v) is 6.55. The van der Waals surface area contributed by atoms with Crippen LogP contribution in [0.2, 0.25) is 0 Å². The predicted molar refractivity (Wildman–Crippen MR) is 44.1 cm³/mol. The van der Waals surface area contributed by atoms with E-state index in [0.29, 0.717) is 5.56 Å². The number of benzene rings is 1. The van der Waals surface area contributed by atoms with Crippen molar-refractivity contribution in [3.8, 4) is 0 Å². The first-order chi connectivity index (χ1) is 5.24. The molecule has 1 nitrogen and oxygen atoms in total. The molecule has 1 rings (SSSR count). The Morgan fingerprint density at radius 3 is 2.82 bits per heavy atom. The third-order valence-electron chi connectivity index (χ3n) is 1.61. The molecule has 2 N–H and O–H groups in total. The second-order valence-electron chi connectivity index (χ2n) is 2.62. The predicted octanol–water partition coefficient (Wildman–Crippen LogP) is 1.96. The molecule has 0 saturated heterocycles. The summed E-state index contributed by atoms with van der Waals surface area (Å²) in [5, 5.41) is 0. The second kappa shape index (κ2) is 3.49. The Morgan fingerprint density at radius 2 is 2.27 bits per heavy atom. The van der Waals surface area contributed by atoms with Gasteiger partial charge in [-0.3, -0.25) is 0 Å². The third-order valence-corrected chi connectivity index (χ3v) is 1.61. The van der Waals surface area contributed by atoms with Crippen LogP contribution in [0.25, 0.3) is 0 Å². The number of alkyl halides is 1. The summed E-state index contributed by atoms with van der Waals surface area (Å²) >= 11 is 0. The van der Waals surface area contributed by atoms with E-state index < -0.39 is 6.17 Å². The standard InChI is InChI=1S/C9H12FN/c1-7-3-2-4-8(5-7)9(10)6-11/h2-5,9H,6,11H2,1H3. The minimum atomic E-state index is -1.02. The molecule has 1 aromatic rings. The Morgan fingerprint density at radius 1 is 1.55 bits per heavy atom.